The minimum atomic E-state index is 0.259. The van der Waals surface area contributed by atoms with Crippen LogP contribution in [0.1, 0.15) is 5.56 Å². The molecule has 0 aromatic carbocycles. The summed E-state index contributed by atoms with van der Waals surface area (Å²) in [5, 5.41) is 12.6. The van der Waals surface area contributed by atoms with Gasteiger partial charge in [0.25, 0.3) is 5.71 Å². The van der Waals surface area contributed by atoms with Crippen molar-refractivity contribution in [2.24, 2.45) is 0 Å². The lowest BCUT2D eigenvalue weighted by Crippen LogP contribution is -1.84. The number of anilines is 1. The predicted octanol–water partition coefficient (Wildman–Crippen LogP) is 0.677. The average molecular weight is 160 g/mol. The minimum absolute atomic E-state index is 0.259. The van der Waals surface area contributed by atoms with Crippen molar-refractivity contribution < 1.29 is 4.52 Å². The third-order valence-corrected chi connectivity index (χ3v) is 1.49. The van der Waals surface area contributed by atoms with Crippen molar-refractivity contribution in [3.63, 3.8) is 0 Å². The van der Waals surface area contributed by atoms with E-state index in [1.165, 1.54) is 6.20 Å². The Morgan fingerprint density at radius 1 is 1.58 bits per heavy atom. The molecule has 5 heteroatoms. The predicted molar refractivity (Wildman–Crippen MR) is 40.9 cm³/mol. The van der Waals surface area contributed by atoms with Crippen molar-refractivity contribution in [1.82, 2.24) is 10.1 Å². The molecular formula is C7H4N4O. The summed E-state index contributed by atoms with van der Waals surface area (Å²) in [6.45, 7) is 0. The molecule has 0 unspecified atom stereocenters. The molecule has 0 bridgehead atoms. The van der Waals surface area contributed by atoms with E-state index >= 15 is 0 Å². The van der Waals surface area contributed by atoms with Gasteiger partial charge in [0.15, 0.2) is 5.82 Å². The van der Waals surface area contributed by atoms with Crippen LogP contribution in [-0.2, 0) is 0 Å². The molecule has 2 aromatic rings. The summed E-state index contributed by atoms with van der Waals surface area (Å²) < 4.78 is 4.75. The van der Waals surface area contributed by atoms with Crippen molar-refractivity contribution in [2.45, 2.75) is 0 Å². The van der Waals surface area contributed by atoms with E-state index in [4.69, 9.17) is 15.5 Å². The quantitative estimate of drug-likeness (QED) is 0.612. The van der Waals surface area contributed by atoms with Crippen molar-refractivity contribution in [2.75, 3.05) is 5.73 Å². The zero-order valence-electron chi connectivity index (χ0n) is 5.98. The first-order valence-corrected chi connectivity index (χ1v) is 3.22. The van der Waals surface area contributed by atoms with Crippen LogP contribution < -0.4 is 5.73 Å². The Morgan fingerprint density at radius 2 is 2.42 bits per heavy atom. The van der Waals surface area contributed by atoms with Crippen LogP contribution in [0, 0.1) is 11.3 Å². The van der Waals surface area contributed by atoms with Gasteiger partial charge in [0.1, 0.15) is 6.07 Å². The van der Waals surface area contributed by atoms with Gasteiger partial charge >= 0.3 is 0 Å². The molecule has 0 atom stereocenters. The lowest BCUT2D eigenvalue weighted by molar-refractivity contribution is 0.452. The number of pyridine rings is 1. The summed E-state index contributed by atoms with van der Waals surface area (Å²) in [5.41, 5.74) is 6.24. The second-order valence-electron chi connectivity index (χ2n) is 2.26. The molecule has 5 nitrogen and oxygen atoms in total. The van der Waals surface area contributed by atoms with Gasteiger partial charge in [-0.25, -0.2) is 4.98 Å². The molecule has 0 saturated heterocycles. The fourth-order valence-electron chi connectivity index (χ4n) is 0.911. The Balaban J connectivity index is 2.82. The van der Waals surface area contributed by atoms with E-state index in [0.717, 1.165) is 0 Å². The first kappa shape index (κ1) is 6.61. The number of fused-ring (bicyclic) bond motifs is 1. The molecule has 0 amide bonds. The summed E-state index contributed by atoms with van der Waals surface area (Å²) in [4.78, 5) is 3.84. The molecule has 0 aliphatic rings. The average Bonchev–Trinajstić information content (AvgIpc) is 2.47. The Hall–Kier alpha value is -2.09. The number of nitrogens with two attached hydrogens (primary N) is 1. The van der Waals surface area contributed by atoms with Crippen molar-refractivity contribution >= 4 is 16.9 Å². The second-order valence-corrected chi connectivity index (χ2v) is 2.26. The summed E-state index contributed by atoms with van der Waals surface area (Å²) in [7, 11) is 0. The molecule has 58 valence electrons. The van der Waals surface area contributed by atoms with Crippen LogP contribution in [0.2, 0.25) is 0 Å². The number of nitrogen functional groups attached to an aromatic ring is 1. The van der Waals surface area contributed by atoms with E-state index in [0.29, 0.717) is 16.7 Å². The van der Waals surface area contributed by atoms with Crippen molar-refractivity contribution in [3.8, 4) is 6.07 Å². The highest BCUT2D eigenvalue weighted by Gasteiger charge is 2.05. The number of aromatic nitrogens is 2. The first-order valence-electron chi connectivity index (χ1n) is 3.22. The summed E-state index contributed by atoms with van der Waals surface area (Å²) in [5.74, 6) is 0.259. The maximum absolute atomic E-state index is 8.54. The number of nitrogens with zero attached hydrogens (tertiary/aromatic N) is 3. The fourth-order valence-corrected chi connectivity index (χ4v) is 0.911. The molecule has 0 spiro atoms. The van der Waals surface area contributed by atoms with Crippen LogP contribution in [0.15, 0.2) is 16.8 Å². The van der Waals surface area contributed by atoms with E-state index in [1.54, 1.807) is 6.07 Å². The lowest BCUT2D eigenvalue weighted by Gasteiger charge is -1.86. The van der Waals surface area contributed by atoms with E-state index in [9.17, 15) is 0 Å². The van der Waals surface area contributed by atoms with Crippen molar-refractivity contribution in [1.29, 1.82) is 5.26 Å². The summed E-state index contributed by atoms with van der Waals surface area (Å²) >= 11 is 0. The normalized spacial score (nSPS) is 9.92. The van der Waals surface area contributed by atoms with Gasteiger partial charge in [-0.1, -0.05) is 5.16 Å². The van der Waals surface area contributed by atoms with Gasteiger partial charge in [-0.3, -0.25) is 0 Å². The zero-order valence-corrected chi connectivity index (χ0v) is 5.98. The van der Waals surface area contributed by atoms with Gasteiger partial charge in [0, 0.05) is 6.20 Å². The molecular weight excluding hydrogens is 156 g/mol. The third-order valence-electron chi connectivity index (χ3n) is 1.49. The molecule has 0 saturated carbocycles. The number of hydrogen-bond donors (Lipinski definition) is 1. The van der Waals surface area contributed by atoms with Crippen molar-refractivity contribution in [3.05, 3.63) is 17.8 Å². The Morgan fingerprint density at radius 3 is 3.17 bits per heavy atom. The smallest absolute Gasteiger partial charge is 0.259 e. The van der Waals surface area contributed by atoms with Gasteiger partial charge in [-0.2, -0.15) is 5.26 Å². The third kappa shape index (κ3) is 0.787. The minimum Gasteiger partial charge on any atom is -0.380 e. The highest BCUT2D eigenvalue weighted by atomic mass is 16.5. The van der Waals surface area contributed by atoms with E-state index in [-0.39, 0.29) is 5.82 Å². The maximum atomic E-state index is 8.54. The molecule has 2 rings (SSSR count). The van der Waals surface area contributed by atoms with Gasteiger partial charge in [0.05, 0.1) is 10.9 Å². The highest BCUT2D eigenvalue weighted by Crippen LogP contribution is 2.18. The molecule has 2 heterocycles. The van der Waals surface area contributed by atoms with Crippen LogP contribution in [-0.4, -0.2) is 10.1 Å². The van der Waals surface area contributed by atoms with Crippen LogP contribution in [0.3, 0.4) is 0 Å². The van der Waals surface area contributed by atoms with Gasteiger partial charge in [-0.05, 0) is 6.07 Å². The molecule has 0 aliphatic carbocycles. The van der Waals surface area contributed by atoms with Crippen LogP contribution in [0.4, 0.5) is 5.82 Å². The van der Waals surface area contributed by atoms with Crippen LogP contribution in [0.25, 0.3) is 11.1 Å². The summed E-state index contributed by atoms with van der Waals surface area (Å²) in [6, 6.07) is 3.54. The Bertz CT molecular complexity index is 468. The van der Waals surface area contributed by atoms with Gasteiger partial charge < -0.3 is 10.3 Å². The maximum Gasteiger partial charge on any atom is 0.259 e. The molecule has 0 radical (unpaired) electrons. The molecule has 2 N–H and O–H groups in total. The monoisotopic (exact) mass is 160 g/mol. The number of rotatable bonds is 0. The summed E-state index contributed by atoms with van der Waals surface area (Å²) in [6.07, 6.45) is 1.41. The SMILES string of the molecule is N#Cc1cnc2onc(N)c2c1. The lowest BCUT2D eigenvalue weighted by atomic mass is 10.2. The molecule has 12 heavy (non-hydrogen) atoms. The largest absolute Gasteiger partial charge is 0.380 e. The molecule has 0 fully saturated rings. The topological polar surface area (TPSA) is 88.7 Å². The fraction of sp³-hybridized carbons (Fsp3) is 0. The zero-order chi connectivity index (χ0) is 8.55. The first-order chi connectivity index (χ1) is 5.81. The van der Waals surface area contributed by atoms with Gasteiger partial charge in [0.2, 0.25) is 0 Å². The van der Waals surface area contributed by atoms with E-state index in [1.807, 2.05) is 6.07 Å². The molecule has 2 aromatic heterocycles. The Kier molecular flexibility index (Phi) is 1.21. The standard InChI is InChI=1S/C7H4N4O/c8-2-4-1-5-6(9)11-12-7(5)10-3-4/h1,3H,(H2,9,11). The van der Waals surface area contributed by atoms with Crippen LogP contribution >= 0.6 is 0 Å². The number of nitriles is 1. The van der Waals surface area contributed by atoms with Crippen LogP contribution in [0.5, 0.6) is 0 Å². The van der Waals surface area contributed by atoms with E-state index < -0.39 is 0 Å². The molecule has 0 aliphatic heterocycles. The highest BCUT2D eigenvalue weighted by molar-refractivity contribution is 5.84. The Labute approximate surface area is 67.4 Å². The second kappa shape index (κ2) is 2.20. The van der Waals surface area contributed by atoms with E-state index in [2.05, 4.69) is 10.1 Å². The number of hydrogen-bond acceptors (Lipinski definition) is 5. The van der Waals surface area contributed by atoms with Gasteiger partial charge in [-0.15, -0.1) is 0 Å².